The monoisotopic (exact) mass is 486 g/mol. The summed E-state index contributed by atoms with van der Waals surface area (Å²) < 4.78 is 0. The number of rotatable bonds is 6. The van der Waals surface area contributed by atoms with E-state index in [0.29, 0.717) is 6.54 Å². The average molecular weight is 486 g/mol. The molecule has 5 nitrogen and oxygen atoms in total. The van der Waals surface area contributed by atoms with Gasteiger partial charge in [0.25, 0.3) is 0 Å². The quantitative estimate of drug-likeness (QED) is 0.327. The lowest BCUT2D eigenvalue weighted by Gasteiger charge is -2.12. The largest absolute Gasteiger partial charge is 0.352 e. The Kier molecular flexibility index (Phi) is 9.64. The molecule has 0 radical (unpaired) electrons. The highest BCUT2D eigenvalue weighted by Crippen LogP contribution is 2.14. The van der Waals surface area contributed by atoms with Crippen molar-refractivity contribution >= 4 is 52.9 Å². The summed E-state index contributed by atoms with van der Waals surface area (Å²) in [5.41, 5.74) is 3.24. The van der Waals surface area contributed by atoms with Crippen LogP contribution in [0, 0.1) is 12.8 Å². The Morgan fingerprint density at radius 2 is 1.77 bits per heavy atom. The number of aryl methyl sites for hydroxylation is 1. The molecule has 1 aromatic carbocycles. The first-order valence-electron chi connectivity index (χ1n) is 8.37. The summed E-state index contributed by atoms with van der Waals surface area (Å²) in [5, 5.41) is 11.6. The Balaban J connectivity index is 0.00000338. The van der Waals surface area contributed by atoms with Crippen molar-refractivity contribution in [3.05, 3.63) is 51.7 Å². The summed E-state index contributed by atoms with van der Waals surface area (Å²) in [6, 6.07) is 9.96. The highest BCUT2D eigenvalue weighted by atomic mass is 127. The number of anilines is 1. The van der Waals surface area contributed by atoms with E-state index in [1.165, 1.54) is 10.4 Å². The van der Waals surface area contributed by atoms with Gasteiger partial charge in [0.05, 0.1) is 6.54 Å². The van der Waals surface area contributed by atoms with Gasteiger partial charge in [0.15, 0.2) is 5.96 Å². The number of nitrogens with one attached hydrogen (secondary N) is 3. The van der Waals surface area contributed by atoms with Gasteiger partial charge in [-0.15, -0.1) is 35.3 Å². The highest BCUT2D eigenvalue weighted by molar-refractivity contribution is 14.0. The van der Waals surface area contributed by atoms with Crippen LogP contribution in [0.5, 0.6) is 0 Å². The molecule has 0 saturated carbocycles. The molecule has 7 heteroatoms. The second kappa shape index (κ2) is 11.2. The van der Waals surface area contributed by atoms with Crippen LogP contribution >= 0.6 is 35.3 Å². The number of aliphatic imine (C=N–C) groups is 1. The first-order chi connectivity index (χ1) is 12.0. The van der Waals surface area contributed by atoms with Crippen molar-refractivity contribution in [3.63, 3.8) is 0 Å². The van der Waals surface area contributed by atoms with Gasteiger partial charge in [0.1, 0.15) is 0 Å². The smallest absolute Gasteiger partial charge is 0.226 e. The third-order valence-electron chi connectivity index (χ3n) is 3.81. The third-order valence-corrected chi connectivity index (χ3v) is 4.84. The second-order valence-corrected chi connectivity index (χ2v) is 7.15. The molecule has 0 fully saturated rings. The summed E-state index contributed by atoms with van der Waals surface area (Å²) in [6.45, 7) is 7.31. The van der Waals surface area contributed by atoms with Gasteiger partial charge in [-0.1, -0.05) is 26.0 Å². The summed E-state index contributed by atoms with van der Waals surface area (Å²) in [4.78, 5) is 17.3. The first kappa shape index (κ1) is 22.4. The van der Waals surface area contributed by atoms with Crippen LogP contribution in [-0.2, 0) is 17.9 Å². The predicted octanol–water partition coefficient (Wildman–Crippen LogP) is 4.13. The molecule has 26 heavy (non-hydrogen) atoms. The van der Waals surface area contributed by atoms with E-state index >= 15 is 0 Å². The molecule has 0 aliphatic heterocycles. The summed E-state index contributed by atoms with van der Waals surface area (Å²) in [5.74, 6) is 0.770. The molecule has 1 heterocycles. The molecule has 142 valence electrons. The fraction of sp³-hybridized carbons (Fsp3) is 0.368. The van der Waals surface area contributed by atoms with Crippen LogP contribution in [0.25, 0.3) is 0 Å². The molecule has 0 spiro atoms. The van der Waals surface area contributed by atoms with Crippen molar-refractivity contribution in [2.45, 2.75) is 33.9 Å². The van der Waals surface area contributed by atoms with Gasteiger partial charge in [-0.3, -0.25) is 9.79 Å². The molecule has 0 unspecified atom stereocenters. The molecule has 3 N–H and O–H groups in total. The molecule has 0 aliphatic rings. The highest BCUT2D eigenvalue weighted by Gasteiger charge is 2.07. The molecule has 2 aromatic rings. The normalized spacial score (nSPS) is 11.0. The number of hydrogen-bond acceptors (Lipinski definition) is 3. The van der Waals surface area contributed by atoms with Crippen LogP contribution in [0.4, 0.5) is 5.69 Å². The lowest BCUT2D eigenvalue weighted by molar-refractivity contribution is -0.118. The zero-order valence-electron chi connectivity index (χ0n) is 15.6. The van der Waals surface area contributed by atoms with Gasteiger partial charge in [-0.05, 0) is 41.6 Å². The van der Waals surface area contributed by atoms with E-state index in [9.17, 15) is 4.79 Å². The number of halogens is 1. The lowest BCUT2D eigenvalue weighted by Crippen LogP contribution is -2.36. The van der Waals surface area contributed by atoms with E-state index in [4.69, 9.17) is 0 Å². The number of carbonyl (C=O) groups is 1. The molecular formula is C19H27IN4OS. The van der Waals surface area contributed by atoms with Crippen LogP contribution < -0.4 is 16.0 Å². The van der Waals surface area contributed by atoms with Gasteiger partial charge < -0.3 is 16.0 Å². The van der Waals surface area contributed by atoms with Gasteiger partial charge >= 0.3 is 0 Å². The molecule has 0 atom stereocenters. The standard InChI is InChI=1S/C19H26N4OS.HI/c1-13(2)18(24)23-16-7-5-15(6-8-16)11-21-19(20-4)22-12-17-14(3)9-10-25-17;/h5-10,13H,11-12H2,1-4H3,(H,23,24)(H2,20,21,22);1H. The maximum atomic E-state index is 11.7. The minimum Gasteiger partial charge on any atom is -0.352 e. The minimum atomic E-state index is -0.0253. The average Bonchev–Trinajstić information content (AvgIpc) is 3.01. The Hall–Kier alpha value is -1.61. The second-order valence-electron chi connectivity index (χ2n) is 6.15. The fourth-order valence-corrected chi connectivity index (χ4v) is 2.99. The van der Waals surface area contributed by atoms with E-state index < -0.39 is 0 Å². The topological polar surface area (TPSA) is 65.5 Å². The summed E-state index contributed by atoms with van der Waals surface area (Å²) >= 11 is 1.75. The van der Waals surface area contributed by atoms with Crippen LogP contribution in [0.2, 0.25) is 0 Å². The van der Waals surface area contributed by atoms with Crippen molar-refractivity contribution < 1.29 is 4.79 Å². The van der Waals surface area contributed by atoms with E-state index in [1.54, 1.807) is 18.4 Å². The van der Waals surface area contributed by atoms with Gasteiger partial charge in [0, 0.05) is 30.1 Å². The SMILES string of the molecule is CN=C(NCc1ccc(NC(=O)C(C)C)cc1)NCc1sccc1C.I. The van der Waals surface area contributed by atoms with Gasteiger partial charge in [-0.2, -0.15) is 0 Å². The van der Waals surface area contributed by atoms with Crippen LogP contribution in [0.15, 0.2) is 40.7 Å². The number of amides is 1. The number of benzene rings is 1. The Bertz CT molecular complexity index is 725. The van der Waals surface area contributed by atoms with Crippen LogP contribution in [-0.4, -0.2) is 18.9 Å². The molecule has 2 rings (SSSR count). The Morgan fingerprint density at radius 1 is 1.12 bits per heavy atom. The van der Waals surface area contributed by atoms with Gasteiger partial charge in [0.2, 0.25) is 5.91 Å². The Labute approximate surface area is 176 Å². The molecular weight excluding hydrogens is 459 g/mol. The predicted molar refractivity (Wildman–Crippen MR) is 121 cm³/mol. The van der Waals surface area contributed by atoms with Crippen molar-refractivity contribution in [2.24, 2.45) is 10.9 Å². The number of guanidine groups is 1. The molecule has 0 bridgehead atoms. The zero-order valence-corrected chi connectivity index (χ0v) is 18.8. The van der Waals surface area contributed by atoms with Crippen molar-refractivity contribution in [1.29, 1.82) is 0 Å². The third kappa shape index (κ3) is 6.95. The summed E-state index contributed by atoms with van der Waals surface area (Å²) in [7, 11) is 1.77. The number of thiophene rings is 1. The maximum absolute atomic E-state index is 11.7. The van der Waals surface area contributed by atoms with E-state index in [0.717, 1.165) is 23.8 Å². The zero-order chi connectivity index (χ0) is 18.2. The molecule has 1 amide bonds. The first-order valence-corrected chi connectivity index (χ1v) is 9.25. The van der Waals surface area contributed by atoms with Gasteiger partial charge in [-0.25, -0.2) is 0 Å². The molecule has 1 aromatic heterocycles. The Morgan fingerprint density at radius 3 is 2.31 bits per heavy atom. The number of nitrogens with zero attached hydrogens (tertiary/aromatic N) is 1. The molecule has 0 saturated heterocycles. The van der Waals surface area contributed by atoms with Crippen molar-refractivity contribution in [3.8, 4) is 0 Å². The number of hydrogen-bond donors (Lipinski definition) is 3. The van der Waals surface area contributed by atoms with E-state index in [2.05, 4.69) is 39.3 Å². The lowest BCUT2D eigenvalue weighted by atomic mass is 10.1. The fourth-order valence-electron chi connectivity index (χ4n) is 2.15. The minimum absolute atomic E-state index is 0. The van der Waals surface area contributed by atoms with Crippen LogP contribution in [0.1, 0.15) is 29.9 Å². The van der Waals surface area contributed by atoms with E-state index in [1.807, 2.05) is 38.1 Å². The van der Waals surface area contributed by atoms with Crippen molar-refractivity contribution in [2.75, 3.05) is 12.4 Å². The molecule has 0 aliphatic carbocycles. The summed E-state index contributed by atoms with van der Waals surface area (Å²) in [6.07, 6.45) is 0. The maximum Gasteiger partial charge on any atom is 0.226 e. The van der Waals surface area contributed by atoms with Crippen molar-refractivity contribution in [1.82, 2.24) is 10.6 Å². The van der Waals surface area contributed by atoms with Crippen LogP contribution in [0.3, 0.4) is 0 Å². The number of carbonyl (C=O) groups excluding carboxylic acids is 1. The van der Waals surface area contributed by atoms with E-state index in [-0.39, 0.29) is 35.8 Å².